The lowest BCUT2D eigenvalue weighted by Gasteiger charge is -2.21. The third-order valence-electron chi connectivity index (χ3n) is 2.31. The lowest BCUT2D eigenvalue weighted by molar-refractivity contribution is -0.128. The fourth-order valence-corrected chi connectivity index (χ4v) is 1.54. The topological polar surface area (TPSA) is 35.5 Å². The molecule has 1 heterocycles. The van der Waals surface area contributed by atoms with E-state index in [4.69, 9.17) is 9.47 Å². The van der Waals surface area contributed by atoms with Crippen molar-refractivity contribution in [3.8, 4) is 0 Å². The molecule has 82 valence electrons. The summed E-state index contributed by atoms with van der Waals surface area (Å²) in [7, 11) is 0. The van der Waals surface area contributed by atoms with E-state index in [0.29, 0.717) is 6.42 Å². The third-order valence-corrected chi connectivity index (χ3v) is 2.31. The van der Waals surface area contributed by atoms with Crippen LogP contribution in [0.15, 0.2) is 0 Å². The van der Waals surface area contributed by atoms with Crippen molar-refractivity contribution in [1.82, 2.24) is 0 Å². The predicted molar refractivity (Wildman–Crippen MR) is 54.3 cm³/mol. The first-order valence-electron chi connectivity index (χ1n) is 5.43. The van der Waals surface area contributed by atoms with Crippen molar-refractivity contribution in [3.63, 3.8) is 0 Å². The average Bonchev–Trinajstić information content (AvgIpc) is 2.16. The summed E-state index contributed by atoms with van der Waals surface area (Å²) in [6, 6.07) is 0. The maximum atomic E-state index is 11.4. The molecule has 0 amide bonds. The second-order valence-corrected chi connectivity index (χ2v) is 4.09. The quantitative estimate of drug-likeness (QED) is 0.680. The van der Waals surface area contributed by atoms with Gasteiger partial charge in [-0.25, -0.2) is 0 Å². The summed E-state index contributed by atoms with van der Waals surface area (Å²) < 4.78 is 10.7. The largest absolute Gasteiger partial charge is 0.378 e. The minimum absolute atomic E-state index is 0.131. The van der Waals surface area contributed by atoms with Gasteiger partial charge in [-0.15, -0.1) is 0 Å². The van der Waals surface area contributed by atoms with E-state index in [1.807, 2.05) is 13.8 Å². The number of carbonyl (C=O) groups excluding carboxylic acids is 1. The molecule has 3 nitrogen and oxygen atoms in total. The highest BCUT2D eigenvalue weighted by atomic mass is 16.5. The zero-order valence-electron chi connectivity index (χ0n) is 9.12. The highest BCUT2D eigenvalue weighted by Crippen LogP contribution is 2.15. The van der Waals surface area contributed by atoms with Crippen molar-refractivity contribution in [2.24, 2.45) is 0 Å². The normalized spacial score (nSPS) is 22.6. The van der Waals surface area contributed by atoms with E-state index < -0.39 is 0 Å². The molecule has 0 aromatic rings. The Labute approximate surface area is 85.8 Å². The van der Waals surface area contributed by atoms with Crippen LogP contribution in [0.4, 0.5) is 0 Å². The van der Waals surface area contributed by atoms with E-state index in [1.165, 1.54) is 6.42 Å². The van der Waals surface area contributed by atoms with Gasteiger partial charge in [0.15, 0.2) is 5.78 Å². The Balaban J connectivity index is 2.12. The van der Waals surface area contributed by atoms with Gasteiger partial charge in [0, 0.05) is 13.0 Å². The SMILES string of the molecule is CC(C)OCC(=O)CC1CCCCO1. The highest BCUT2D eigenvalue weighted by molar-refractivity contribution is 5.80. The van der Waals surface area contributed by atoms with Crippen LogP contribution in [-0.4, -0.2) is 31.2 Å². The molecular weight excluding hydrogens is 180 g/mol. The van der Waals surface area contributed by atoms with Crippen LogP contribution in [0.25, 0.3) is 0 Å². The molecule has 1 aliphatic rings. The summed E-state index contributed by atoms with van der Waals surface area (Å²) in [4.78, 5) is 11.4. The molecule has 1 unspecified atom stereocenters. The molecular formula is C11H20O3. The van der Waals surface area contributed by atoms with Gasteiger partial charge in [-0.05, 0) is 33.1 Å². The Kier molecular flexibility index (Phi) is 5.12. The van der Waals surface area contributed by atoms with E-state index in [1.54, 1.807) is 0 Å². The van der Waals surface area contributed by atoms with Gasteiger partial charge in [-0.1, -0.05) is 0 Å². The standard InChI is InChI=1S/C11H20O3/c1-9(2)14-8-10(12)7-11-5-3-4-6-13-11/h9,11H,3-8H2,1-2H3. The molecule has 0 bridgehead atoms. The van der Waals surface area contributed by atoms with Crippen LogP contribution in [0, 0.1) is 0 Å². The summed E-state index contributed by atoms with van der Waals surface area (Å²) >= 11 is 0. The van der Waals surface area contributed by atoms with Gasteiger partial charge < -0.3 is 9.47 Å². The summed E-state index contributed by atoms with van der Waals surface area (Å²) in [5.74, 6) is 0.158. The molecule has 1 atom stereocenters. The van der Waals surface area contributed by atoms with E-state index in [-0.39, 0.29) is 24.6 Å². The van der Waals surface area contributed by atoms with Crippen LogP contribution >= 0.6 is 0 Å². The smallest absolute Gasteiger partial charge is 0.161 e. The first-order chi connectivity index (χ1) is 6.68. The zero-order chi connectivity index (χ0) is 10.4. The second-order valence-electron chi connectivity index (χ2n) is 4.09. The van der Waals surface area contributed by atoms with Crippen molar-refractivity contribution in [1.29, 1.82) is 0 Å². The Morgan fingerprint density at radius 1 is 1.50 bits per heavy atom. The van der Waals surface area contributed by atoms with Crippen LogP contribution in [0.5, 0.6) is 0 Å². The van der Waals surface area contributed by atoms with Crippen molar-refractivity contribution in [2.45, 2.75) is 51.7 Å². The van der Waals surface area contributed by atoms with Gasteiger partial charge in [0.1, 0.15) is 6.61 Å². The Hall–Kier alpha value is -0.410. The summed E-state index contributed by atoms with van der Waals surface area (Å²) in [5, 5.41) is 0. The molecule has 1 aliphatic heterocycles. The molecule has 0 aromatic carbocycles. The van der Waals surface area contributed by atoms with Crippen LogP contribution in [0.1, 0.15) is 39.5 Å². The molecule has 1 fully saturated rings. The summed E-state index contributed by atoms with van der Waals surface area (Å²) in [6.07, 6.45) is 4.13. The van der Waals surface area contributed by atoms with Gasteiger partial charge in [0.05, 0.1) is 12.2 Å². The summed E-state index contributed by atoms with van der Waals surface area (Å²) in [6.45, 7) is 4.91. The molecule has 0 spiro atoms. The number of hydrogen-bond donors (Lipinski definition) is 0. The molecule has 1 saturated heterocycles. The molecule has 14 heavy (non-hydrogen) atoms. The van der Waals surface area contributed by atoms with Gasteiger partial charge in [-0.3, -0.25) is 4.79 Å². The fourth-order valence-electron chi connectivity index (χ4n) is 1.54. The first kappa shape index (κ1) is 11.7. The van der Waals surface area contributed by atoms with Gasteiger partial charge in [-0.2, -0.15) is 0 Å². The Morgan fingerprint density at radius 3 is 2.86 bits per heavy atom. The van der Waals surface area contributed by atoms with E-state index in [2.05, 4.69) is 0 Å². The minimum Gasteiger partial charge on any atom is -0.378 e. The van der Waals surface area contributed by atoms with Crippen molar-refractivity contribution >= 4 is 5.78 Å². The minimum atomic E-state index is 0.131. The molecule has 1 rings (SSSR count). The number of ketones is 1. The molecule has 3 heteroatoms. The van der Waals surface area contributed by atoms with Gasteiger partial charge in [0.2, 0.25) is 0 Å². The molecule has 0 saturated carbocycles. The molecule has 0 radical (unpaired) electrons. The van der Waals surface area contributed by atoms with E-state index >= 15 is 0 Å². The van der Waals surface area contributed by atoms with E-state index in [9.17, 15) is 4.79 Å². The molecule has 0 aliphatic carbocycles. The van der Waals surface area contributed by atoms with Crippen LogP contribution in [0.3, 0.4) is 0 Å². The maximum absolute atomic E-state index is 11.4. The van der Waals surface area contributed by atoms with E-state index in [0.717, 1.165) is 19.4 Å². The lowest BCUT2D eigenvalue weighted by Crippen LogP contribution is -2.25. The van der Waals surface area contributed by atoms with Crippen molar-refractivity contribution in [3.05, 3.63) is 0 Å². The number of ether oxygens (including phenoxy) is 2. The molecule has 0 aromatic heterocycles. The number of carbonyl (C=O) groups is 1. The average molecular weight is 200 g/mol. The van der Waals surface area contributed by atoms with Crippen molar-refractivity contribution in [2.75, 3.05) is 13.2 Å². The Morgan fingerprint density at radius 2 is 2.29 bits per heavy atom. The van der Waals surface area contributed by atoms with Gasteiger partial charge in [0.25, 0.3) is 0 Å². The monoisotopic (exact) mass is 200 g/mol. The van der Waals surface area contributed by atoms with Crippen LogP contribution in [-0.2, 0) is 14.3 Å². The van der Waals surface area contributed by atoms with Crippen molar-refractivity contribution < 1.29 is 14.3 Å². The predicted octanol–water partition coefficient (Wildman–Crippen LogP) is 1.94. The number of rotatable bonds is 5. The van der Waals surface area contributed by atoms with Crippen LogP contribution < -0.4 is 0 Å². The third kappa shape index (κ3) is 4.72. The highest BCUT2D eigenvalue weighted by Gasteiger charge is 2.17. The number of hydrogen-bond acceptors (Lipinski definition) is 3. The zero-order valence-corrected chi connectivity index (χ0v) is 9.12. The Bertz CT molecular complexity index is 171. The molecule has 0 N–H and O–H groups in total. The van der Waals surface area contributed by atoms with Gasteiger partial charge >= 0.3 is 0 Å². The first-order valence-corrected chi connectivity index (χ1v) is 5.43. The second kappa shape index (κ2) is 6.14. The number of Topliss-reactive ketones (excluding diaryl/α,β-unsaturated/α-hetero) is 1. The fraction of sp³-hybridized carbons (Fsp3) is 0.909. The summed E-state index contributed by atoms with van der Waals surface area (Å²) in [5.41, 5.74) is 0. The van der Waals surface area contributed by atoms with Crippen LogP contribution in [0.2, 0.25) is 0 Å². The lowest BCUT2D eigenvalue weighted by atomic mass is 10.0. The maximum Gasteiger partial charge on any atom is 0.161 e.